The molecule has 2 aromatic rings. The smallest absolute Gasteiger partial charge is 0.259 e. The standard InChI is InChI=1S/C12H14N4OS/c1-7(2)11-15-16-12(18-11)14-10(17)9-5-4-8(3)13-6-9/h4-7H,1-3H3,(H,14,16,17). The molecule has 0 unspecified atom stereocenters. The van der Waals surface area contributed by atoms with Crippen LogP contribution in [0.1, 0.15) is 40.8 Å². The number of nitrogens with zero attached hydrogens (tertiary/aromatic N) is 3. The predicted molar refractivity (Wildman–Crippen MR) is 70.9 cm³/mol. The van der Waals surface area contributed by atoms with E-state index in [-0.39, 0.29) is 5.91 Å². The van der Waals surface area contributed by atoms with Gasteiger partial charge in [-0.2, -0.15) is 0 Å². The first-order chi connectivity index (χ1) is 8.56. The van der Waals surface area contributed by atoms with Crippen LogP contribution in [0.15, 0.2) is 18.3 Å². The molecule has 18 heavy (non-hydrogen) atoms. The van der Waals surface area contributed by atoms with Crippen LogP contribution in [0.5, 0.6) is 0 Å². The van der Waals surface area contributed by atoms with Crippen molar-refractivity contribution in [2.75, 3.05) is 5.32 Å². The van der Waals surface area contributed by atoms with E-state index in [1.807, 2.05) is 20.8 Å². The van der Waals surface area contributed by atoms with Crippen molar-refractivity contribution in [2.24, 2.45) is 0 Å². The molecule has 0 aliphatic rings. The Balaban J connectivity index is 2.08. The molecule has 0 aliphatic carbocycles. The number of hydrogen-bond donors (Lipinski definition) is 1. The van der Waals surface area contributed by atoms with Crippen LogP contribution in [0.25, 0.3) is 0 Å². The number of carbonyl (C=O) groups excluding carboxylic acids is 1. The molecule has 2 rings (SSSR count). The van der Waals surface area contributed by atoms with Gasteiger partial charge < -0.3 is 0 Å². The minimum absolute atomic E-state index is 0.214. The molecule has 2 heterocycles. The van der Waals surface area contributed by atoms with Gasteiger partial charge in [0.15, 0.2) is 0 Å². The Bertz CT molecular complexity index is 547. The third-order valence-electron chi connectivity index (χ3n) is 2.33. The molecule has 0 aliphatic heterocycles. The average Bonchev–Trinajstić information content (AvgIpc) is 2.78. The van der Waals surface area contributed by atoms with Gasteiger partial charge in [-0.25, -0.2) is 0 Å². The molecule has 0 fully saturated rings. The van der Waals surface area contributed by atoms with Crippen molar-refractivity contribution in [3.05, 3.63) is 34.6 Å². The van der Waals surface area contributed by atoms with E-state index in [2.05, 4.69) is 20.5 Å². The second kappa shape index (κ2) is 5.22. The van der Waals surface area contributed by atoms with Gasteiger partial charge in [0.05, 0.1) is 5.56 Å². The predicted octanol–water partition coefficient (Wildman–Crippen LogP) is 2.62. The van der Waals surface area contributed by atoms with E-state index in [0.717, 1.165) is 10.7 Å². The summed E-state index contributed by atoms with van der Waals surface area (Å²) in [6.07, 6.45) is 1.55. The van der Waals surface area contributed by atoms with Gasteiger partial charge in [-0.15, -0.1) is 10.2 Å². The van der Waals surface area contributed by atoms with Crippen LogP contribution in [-0.4, -0.2) is 21.1 Å². The highest BCUT2D eigenvalue weighted by Crippen LogP contribution is 2.22. The van der Waals surface area contributed by atoms with Gasteiger partial charge in [-0.1, -0.05) is 25.2 Å². The first-order valence-electron chi connectivity index (χ1n) is 5.63. The number of anilines is 1. The average molecular weight is 262 g/mol. The molecule has 0 aromatic carbocycles. The summed E-state index contributed by atoms with van der Waals surface area (Å²) in [6.45, 7) is 5.95. The molecule has 2 aromatic heterocycles. The van der Waals surface area contributed by atoms with Crippen LogP contribution in [0.4, 0.5) is 5.13 Å². The Hall–Kier alpha value is -1.82. The van der Waals surface area contributed by atoms with Gasteiger partial charge in [-0.05, 0) is 19.1 Å². The summed E-state index contributed by atoms with van der Waals surface area (Å²) in [5.41, 5.74) is 1.39. The van der Waals surface area contributed by atoms with Gasteiger partial charge in [0.1, 0.15) is 5.01 Å². The van der Waals surface area contributed by atoms with E-state index in [0.29, 0.717) is 16.6 Å². The summed E-state index contributed by atoms with van der Waals surface area (Å²) < 4.78 is 0. The molecule has 6 heteroatoms. The van der Waals surface area contributed by atoms with Crippen LogP contribution in [0.2, 0.25) is 0 Å². The van der Waals surface area contributed by atoms with E-state index in [1.54, 1.807) is 18.3 Å². The van der Waals surface area contributed by atoms with Gasteiger partial charge in [0.25, 0.3) is 5.91 Å². The monoisotopic (exact) mass is 262 g/mol. The molecular weight excluding hydrogens is 248 g/mol. The fourth-order valence-electron chi connectivity index (χ4n) is 1.29. The maximum Gasteiger partial charge on any atom is 0.259 e. The number of aromatic nitrogens is 3. The number of rotatable bonds is 3. The number of pyridine rings is 1. The van der Waals surface area contributed by atoms with Gasteiger partial charge in [-0.3, -0.25) is 15.1 Å². The Morgan fingerprint density at radius 3 is 2.67 bits per heavy atom. The highest BCUT2D eigenvalue weighted by Gasteiger charge is 2.11. The lowest BCUT2D eigenvalue weighted by atomic mass is 10.2. The lowest BCUT2D eigenvalue weighted by molar-refractivity contribution is 0.102. The lowest BCUT2D eigenvalue weighted by Gasteiger charge is -2.00. The molecule has 5 nitrogen and oxygen atoms in total. The van der Waals surface area contributed by atoms with E-state index in [9.17, 15) is 4.79 Å². The normalized spacial score (nSPS) is 10.7. The molecular formula is C12H14N4OS. The van der Waals surface area contributed by atoms with E-state index in [4.69, 9.17) is 0 Å². The fourth-order valence-corrected chi connectivity index (χ4v) is 2.03. The van der Waals surface area contributed by atoms with Crippen molar-refractivity contribution in [1.82, 2.24) is 15.2 Å². The van der Waals surface area contributed by atoms with Crippen molar-refractivity contribution in [3.8, 4) is 0 Å². The summed E-state index contributed by atoms with van der Waals surface area (Å²) in [5.74, 6) is 0.100. The Labute approximate surface area is 109 Å². The van der Waals surface area contributed by atoms with Crippen molar-refractivity contribution in [2.45, 2.75) is 26.7 Å². The first-order valence-corrected chi connectivity index (χ1v) is 6.45. The molecule has 0 spiro atoms. The summed E-state index contributed by atoms with van der Waals surface area (Å²) in [4.78, 5) is 16.0. The molecule has 1 N–H and O–H groups in total. The molecule has 0 radical (unpaired) electrons. The number of carbonyl (C=O) groups is 1. The third kappa shape index (κ3) is 2.89. The van der Waals surface area contributed by atoms with E-state index in [1.165, 1.54) is 11.3 Å². The number of nitrogens with one attached hydrogen (secondary N) is 1. The number of aryl methyl sites for hydroxylation is 1. The highest BCUT2D eigenvalue weighted by molar-refractivity contribution is 7.15. The zero-order valence-electron chi connectivity index (χ0n) is 10.5. The second-order valence-corrected chi connectivity index (χ2v) is 5.25. The highest BCUT2D eigenvalue weighted by atomic mass is 32.1. The summed E-state index contributed by atoms with van der Waals surface area (Å²) in [6, 6.07) is 3.54. The number of amides is 1. The summed E-state index contributed by atoms with van der Waals surface area (Å²) in [7, 11) is 0. The van der Waals surface area contributed by atoms with Crippen LogP contribution in [0, 0.1) is 6.92 Å². The maximum atomic E-state index is 11.9. The first kappa shape index (κ1) is 12.6. The van der Waals surface area contributed by atoms with Crippen LogP contribution in [-0.2, 0) is 0 Å². The Morgan fingerprint density at radius 2 is 2.11 bits per heavy atom. The van der Waals surface area contributed by atoms with E-state index < -0.39 is 0 Å². The van der Waals surface area contributed by atoms with Crippen LogP contribution < -0.4 is 5.32 Å². The summed E-state index contributed by atoms with van der Waals surface area (Å²) >= 11 is 1.39. The molecule has 0 bridgehead atoms. The minimum Gasteiger partial charge on any atom is -0.296 e. The van der Waals surface area contributed by atoms with Crippen molar-refractivity contribution < 1.29 is 4.79 Å². The molecule has 0 saturated heterocycles. The molecule has 0 saturated carbocycles. The van der Waals surface area contributed by atoms with Crippen molar-refractivity contribution >= 4 is 22.4 Å². The van der Waals surface area contributed by atoms with E-state index >= 15 is 0 Å². The SMILES string of the molecule is Cc1ccc(C(=O)Nc2nnc(C(C)C)s2)cn1. The van der Waals surface area contributed by atoms with Crippen LogP contribution in [0.3, 0.4) is 0 Å². The second-order valence-electron chi connectivity index (χ2n) is 4.24. The topological polar surface area (TPSA) is 67.8 Å². The van der Waals surface area contributed by atoms with Crippen molar-refractivity contribution in [3.63, 3.8) is 0 Å². The zero-order chi connectivity index (χ0) is 13.1. The molecule has 1 amide bonds. The fraction of sp³-hybridized carbons (Fsp3) is 0.333. The van der Waals surface area contributed by atoms with Crippen molar-refractivity contribution in [1.29, 1.82) is 0 Å². The van der Waals surface area contributed by atoms with Gasteiger partial charge >= 0.3 is 0 Å². The minimum atomic E-state index is -0.214. The van der Waals surface area contributed by atoms with Crippen LogP contribution >= 0.6 is 11.3 Å². The van der Waals surface area contributed by atoms with Gasteiger partial charge in [0, 0.05) is 17.8 Å². The summed E-state index contributed by atoms with van der Waals surface area (Å²) in [5, 5.41) is 12.1. The Morgan fingerprint density at radius 1 is 1.33 bits per heavy atom. The lowest BCUT2D eigenvalue weighted by Crippen LogP contribution is -2.12. The largest absolute Gasteiger partial charge is 0.296 e. The molecule has 0 atom stereocenters. The third-order valence-corrected chi connectivity index (χ3v) is 3.47. The maximum absolute atomic E-state index is 11.9. The zero-order valence-corrected chi connectivity index (χ0v) is 11.3. The Kier molecular flexibility index (Phi) is 3.66. The molecule has 94 valence electrons. The number of hydrogen-bond acceptors (Lipinski definition) is 5. The quantitative estimate of drug-likeness (QED) is 0.923. The van der Waals surface area contributed by atoms with Gasteiger partial charge in [0.2, 0.25) is 5.13 Å².